The molecule has 0 amide bonds. The second kappa shape index (κ2) is 8.99. The number of benzene rings is 2. The quantitative estimate of drug-likeness (QED) is 0.518. The normalized spacial score (nSPS) is 12.5. The first kappa shape index (κ1) is 20.7. The van der Waals surface area contributed by atoms with Gasteiger partial charge in [-0.25, -0.2) is 0 Å². The van der Waals surface area contributed by atoms with E-state index in [2.05, 4.69) is 30.2 Å². The molecule has 6 heteroatoms. The standard InChI is InChI=1S/C23H27N3O3/c1-23(2,11-17-13-25-21-9-8-19(28-3)10-20(17)21)26-14-18(27)15-29-22-7-5-4-6-16(22)12-24/h4-10,13,18,25-27H,11,14-15H2,1-3H3. The van der Waals surface area contributed by atoms with Crippen LogP contribution in [0.3, 0.4) is 0 Å². The van der Waals surface area contributed by atoms with Gasteiger partial charge < -0.3 is 24.9 Å². The van der Waals surface area contributed by atoms with Crippen LogP contribution in [-0.4, -0.2) is 42.0 Å². The highest BCUT2D eigenvalue weighted by molar-refractivity contribution is 5.84. The van der Waals surface area contributed by atoms with Crippen LogP contribution in [0, 0.1) is 11.3 Å². The van der Waals surface area contributed by atoms with Crippen molar-refractivity contribution in [3.63, 3.8) is 0 Å². The number of nitrogens with one attached hydrogen (secondary N) is 2. The third kappa shape index (κ3) is 5.29. The van der Waals surface area contributed by atoms with Crippen LogP contribution in [0.4, 0.5) is 0 Å². The van der Waals surface area contributed by atoms with Crippen molar-refractivity contribution in [3.05, 3.63) is 59.8 Å². The summed E-state index contributed by atoms with van der Waals surface area (Å²) in [5.74, 6) is 1.32. The Morgan fingerprint density at radius 1 is 1.24 bits per heavy atom. The molecule has 0 spiro atoms. The third-order valence-electron chi connectivity index (χ3n) is 4.86. The Kier molecular flexibility index (Phi) is 6.42. The number of para-hydroxylation sites is 1. The number of hydrogen-bond acceptors (Lipinski definition) is 5. The van der Waals surface area contributed by atoms with Gasteiger partial charge in [0.15, 0.2) is 0 Å². The van der Waals surface area contributed by atoms with Crippen LogP contribution in [-0.2, 0) is 6.42 Å². The number of nitrogens with zero attached hydrogens (tertiary/aromatic N) is 1. The van der Waals surface area contributed by atoms with Crippen LogP contribution in [0.15, 0.2) is 48.7 Å². The van der Waals surface area contributed by atoms with Crippen molar-refractivity contribution in [2.45, 2.75) is 31.9 Å². The summed E-state index contributed by atoms with van der Waals surface area (Å²) in [6.07, 6.45) is 2.11. The molecule has 29 heavy (non-hydrogen) atoms. The van der Waals surface area contributed by atoms with Crippen LogP contribution < -0.4 is 14.8 Å². The SMILES string of the molecule is COc1ccc2[nH]cc(CC(C)(C)NCC(O)COc3ccccc3C#N)c2c1. The molecule has 6 nitrogen and oxygen atoms in total. The minimum absolute atomic E-state index is 0.117. The number of β-amino-alcohol motifs (C(OH)–C–C–N with tert-alkyl or cyclic N) is 1. The van der Waals surface area contributed by atoms with Gasteiger partial charge in [-0.3, -0.25) is 0 Å². The molecular formula is C23H27N3O3. The van der Waals surface area contributed by atoms with Gasteiger partial charge in [-0.2, -0.15) is 5.26 Å². The van der Waals surface area contributed by atoms with Gasteiger partial charge in [-0.15, -0.1) is 0 Å². The van der Waals surface area contributed by atoms with Crippen molar-refractivity contribution in [2.75, 3.05) is 20.3 Å². The topological polar surface area (TPSA) is 90.3 Å². The van der Waals surface area contributed by atoms with Gasteiger partial charge in [-0.1, -0.05) is 12.1 Å². The van der Waals surface area contributed by atoms with Crippen molar-refractivity contribution >= 4 is 10.9 Å². The van der Waals surface area contributed by atoms with Crippen LogP contribution in [0.5, 0.6) is 11.5 Å². The molecule has 3 aromatic rings. The molecule has 1 aromatic heterocycles. The van der Waals surface area contributed by atoms with E-state index in [1.807, 2.05) is 24.4 Å². The van der Waals surface area contributed by atoms with E-state index in [0.717, 1.165) is 23.1 Å². The highest BCUT2D eigenvalue weighted by atomic mass is 16.5. The molecule has 1 unspecified atom stereocenters. The summed E-state index contributed by atoms with van der Waals surface area (Å²) in [4.78, 5) is 3.30. The van der Waals surface area contributed by atoms with Gasteiger partial charge in [0.2, 0.25) is 0 Å². The van der Waals surface area contributed by atoms with Crippen molar-refractivity contribution in [3.8, 4) is 17.6 Å². The van der Waals surface area contributed by atoms with Gasteiger partial charge >= 0.3 is 0 Å². The molecule has 0 aliphatic rings. The summed E-state index contributed by atoms with van der Waals surface area (Å²) in [6, 6.07) is 15.1. The monoisotopic (exact) mass is 393 g/mol. The van der Waals surface area contributed by atoms with E-state index in [0.29, 0.717) is 17.9 Å². The zero-order valence-corrected chi connectivity index (χ0v) is 17.0. The fourth-order valence-electron chi connectivity index (χ4n) is 3.29. The lowest BCUT2D eigenvalue weighted by molar-refractivity contribution is 0.0987. The number of H-pyrrole nitrogens is 1. The average Bonchev–Trinajstić information content (AvgIpc) is 3.12. The smallest absolute Gasteiger partial charge is 0.137 e. The molecular weight excluding hydrogens is 366 g/mol. The number of fused-ring (bicyclic) bond motifs is 1. The first-order valence-electron chi connectivity index (χ1n) is 9.61. The van der Waals surface area contributed by atoms with Crippen LogP contribution in [0.2, 0.25) is 0 Å². The Hall–Kier alpha value is -3.01. The molecule has 1 heterocycles. The van der Waals surface area contributed by atoms with E-state index >= 15 is 0 Å². The van der Waals surface area contributed by atoms with Crippen LogP contribution in [0.25, 0.3) is 10.9 Å². The van der Waals surface area contributed by atoms with Crippen molar-refractivity contribution < 1.29 is 14.6 Å². The minimum atomic E-state index is -0.691. The molecule has 1 atom stereocenters. The van der Waals surface area contributed by atoms with Gasteiger partial charge in [0.05, 0.1) is 12.7 Å². The maximum absolute atomic E-state index is 10.3. The summed E-state index contributed by atoms with van der Waals surface area (Å²) >= 11 is 0. The van der Waals surface area contributed by atoms with E-state index < -0.39 is 6.10 Å². The van der Waals surface area contributed by atoms with E-state index in [4.69, 9.17) is 14.7 Å². The predicted molar refractivity (Wildman–Crippen MR) is 113 cm³/mol. The molecule has 0 aliphatic heterocycles. The number of hydrogen-bond donors (Lipinski definition) is 3. The molecule has 0 saturated heterocycles. The number of aromatic nitrogens is 1. The Balaban J connectivity index is 1.56. The lowest BCUT2D eigenvalue weighted by Crippen LogP contribution is -2.46. The largest absolute Gasteiger partial charge is 0.497 e. The number of aromatic amines is 1. The highest BCUT2D eigenvalue weighted by Gasteiger charge is 2.21. The number of nitriles is 1. The Morgan fingerprint density at radius 2 is 2.03 bits per heavy atom. The fourth-order valence-corrected chi connectivity index (χ4v) is 3.29. The summed E-state index contributed by atoms with van der Waals surface area (Å²) in [5.41, 5.74) is 2.48. The van der Waals surface area contributed by atoms with Gasteiger partial charge in [0.1, 0.15) is 30.3 Å². The van der Waals surface area contributed by atoms with E-state index in [9.17, 15) is 5.11 Å². The molecule has 152 valence electrons. The number of rotatable bonds is 9. The lowest BCUT2D eigenvalue weighted by atomic mass is 9.94. The van der Waals surface area contributed by atoms with E-state index in [-0.39, 0.29) is 12.1 Å². The summed E-state index contributed by atoms with van der Waals surface area (Å²) in [6.45, 7) is 4.70. The first-order chi connectivity index (χ1) is 13.9. The van der Waals surface area contributed by atoms with Crippen molar-refractivity contribution in [1.29, 1.82) is 5.26 Å². The molecule has 0 bridgehead atoms. The molecule has 0 fully saturated rings. The molecule has 0 aliphatic carbocycles. The summed E-state index contributed by atoms with van der Waals surface area (Å²) in [5, 5.41) is 24.0. The third-order valence-corrected chi connectivity index (χ3v) is 4.86. The summed E-state index contributed by atoms with van der Waals surface area (Å²) in [7, 11) is 1.66. The minimum Gasteiger partial charge on any atom is -0.497 e. The zero-order valence-electron chi connectivity index (χ0n) is 17.0. The molecule has 2 aromatic carbocycles. The molecule has 3 rings (SSSR count). The van der Waals surface area contributed by atoms with Crippen molar-refractivity contribution in [1.82, 2.24) is 10.3 Å². The maximum atomic E-state index is 10.3. The van der Waals surface area contributed by atoms with Crippen LogP contribution >= 0.6 is 0 Å². The average molecular weight is 393 g/mol. The van der Waals surface area contributed by atoms with Crippen LogP contribution in [0.1, 0.15) is 25.0 Å². The zero-order chi connectivity index (χ0) is 20.9. The van der Waals surface area contributed by atoms with Gasteiger partial charge in [-0.05, 0) is 56.2 Å². The van der Waals surface area contributed by atoms with E-state index in [1.165, 1.54) is 5.56 Å². The number of ether oxygens (including phenoxy) is 2. The predicted octanol–water partition coefficient (Wildman–Crippen LogP) is 3.40. The summed E-state index contributed by atoms with van der Waals surface area (Å²) < 4.78 is 11.0. The highest BCUT2D eigenvalue weighted by Crippen LogP contribution is 2.26. The van der Waals surface area contributed by atoms with Gasteiger partial charge in [0.25, 0.3) is 0 Å². The Morgan fingerprint density at radius 3 is 2.79 bits per heavy atom. The number of methoxy groups -OCH3 is 1. The Bertz CT molecular complexity index is 1000. The van der Waals surface area contributed by atoms with Crippen molar-refractivity contribution in [2.24, 2.45) is 0 Å². The molecule has 3 N–H and O–H groups in total. The maximum Gasteiger partial charge on any atom is 0.137 e. The Labute approximate surface area is 171 Å². The number of aliphatic hydroxyl groups is 1. The fraction of sp³-hybridized carbons (Fsp3) is 0.348. The molecule has 0 saturated carbocycles. The molecule has 0 radical (unpaired) electrons. The lowest BCUT2D eigenvalue weighted by Gasteiger charge is -2.28. The second-order valence-electron chi connectivity index (χ2n) is 7.74. The number of aliphatic hydroxyl groups excluding tert-OH is 1. The van der Waals surface area contributed by atoms with E-state index in [1.54, 1.807) is 31.4 Å². The first-order valence-corrected chi connectivity index (χ1v) is 9.61. The second-order valence-corrected chi connectivity index (χ2v) is 7.74. The van der Waals surface area contributed by atoms with Gasteiger partial charge in [0, 0.05) is 29.2 Å².